The van der Waals surface area contributed by atoms with Crippen LogP contribution in [0.4, 0.5) is 0 Å². The molecule has 0 fully saturated rings. The summed E-state index contributed by atoms with van der Waals surface area (Å²) in [6.45, 7) is 0.703. The maximum atomic E-state index is 8.95. The molecule has 23 heavy (non-hydrogen) atoms. The van der Waals surface area contributed by atoms with Crippen LogP contribution in [0.2, 0.25) is 5.02 Å². The standard InChI is InChI=1S/C19H14ClN3/c20-19-7-3-15(4-8-19)11-18(13-23-10-9-22-14-23)17-5-1-16(12-21)2-6-17/h1-11,14H,13H2/b18-11-. The highest BCUT2D eigenvalue weighted by molar-refractivity contribution is 6.30. The third-order valence-corrected chi connectivity index (χ3v) is 3.76. The van der Waals surface area contributed by atoms with Crippen LogP contribution in [0, 0.1) is 11.3 Å². The van der Waals surface area contributed by atoms with Crippen molar-refractivity contribution in [3.8, 4) is 6.07 Å². The minimum Gasteiger partial charge on any atom is -0.333 e. The average Bonchev–Trinajstić information content (AvgIpc) is 3.09. The SMILES string of the molecule is N#Cc1ccc(/C(=C\c2ccc(Cl)cc2)Cn2ccnc2)cc1. The molecule has 0 atom stereocenters. The molecule has 112 valence electrons. The smallest absolute Gasteiger partial charge is 0.0991 e. The highest BCUT2D eigenvalue weighted by Crippen LogP contribution is 2.22. The maximum absolute atomic E-state index is 8.95. The zero-order valence-electron chi connectivity index (χ0n) is 12.4. The molecule has 0 N–H and O–H groups in total. The number of benzene rings is 2. The molecular formula is C19H14ClN3. The Hall–Kier alpha value is -2.83. The lowest BCUT2D eigenvalue weighted by Crippen LogP contribution is -1.98. The molecule has 0 radical (unpaired) electrons. The van der Waals surface area contributed by atoms with Gasteiger partial charge in [0.1, 0.15) is 0 Å². The Bertz CT molecular complexity index is 839. The second-order valence-electron chi connectivity index (χ2n) is 5.15. The summed E-state index contributed by atoms with van der Waals surface area (Å²) in [7, 11) is 0. The average molecular weight is 320 g/mol. The van der Waals surface area contributed by atoms with E-state index in [-0.39, 0.29) is 0 Å². The van der Waals surface area contributed by atoms with Crippen LogP contribution in [-0.4, -0.2) is 9.55 Å². The fraction of sp³-hybridized carbons (Fsp3) is 0.0526. The van der Waals surface area contributed by atoms with E-state index in [9.17, 15) is 0 Å². The second-order valence-corrected chi connectivity index (χ2v) is 5.58. The first-order chi connectivity index (χ1) is 11.2. The summed E-state index contributed by atoms with van der Waals surface area (Å²) in [6.07, 6.45) is 7.61. The van der Waals surface area contributed by atoms with Crippen LogP contribution in [0.5, 0.6) is 0 Å². The lowest BCUT2D eigenvalue weighted by atomic mass is 10.0. The molecular weight excluding hydrogens is 306 g/mol. The van der Waals surface area contributed by atoms with E-state index in [1.807, 2.05) is 59.3 Å². The maximum Gasteiger partial charge on any atom is 0.0991 e. The third kappa shape index (κ3) is 3.88. The Morgan fingerprint density at radius 3 is 2.48 bits per heavy atom. The molecule has 0 spiro atoms. The lowest BCUT2D eigenvalue weighted by molar-refractivity contribution is 0.836. The number of nitrogens with zero attached hydrogens (tertiary/aromatic N) is 3. The van der Waals surface area contributed by atoms with Gasteiger partial charge in [0.25, 0.3) is 0 Å². The highest BCUT2D eigenvalue weighted by atomic mass is 35.5. The van der Waals surface area contributed by atoms with E-state index in [4.69, 9.17) is 16.9 Å². The van der Waals surface area contributed by atoms with Gasteiger partial charge in [0.05, 0.1) is 18.0 Å². The van der Waals surface area contributed by atoms with Gasteiger partial charge in [-0.1, -0.05) is 35.9 Å². The van der Waals surface area contributed by atoms with E-state index in [2.05, 4.69) is 17.1 Å². The molecule has 0 aliphatic heterocycles. The summed E-state index contributed by atoms with van der Waals surface area (Å²) < 4.78 is 2.01. The Kier molecular flexibility index (Phi) is 4.56. The van der Waals surface area contributed by atoms with Crippen molar-refractivity contribution in [1.82, 2.24) is 9.55 Å². The van der Waals surface area contributed by atoms with Gasteiger partial charge in [-0.15, -0.1) is 0 Å². The normalized spacial score (nSPS) is 11.2. The van der Waals surface area contributed by atoms with Gasteiger partial charge in [-0.05, 0) is 47.0 Å². The lowest BCUT2D eigenvalue weighted by Gasteiger charge is -2.10. The van der Waals surface area contributed by atoms with Crippen LogP contribution in [0.1, 0.15) is 16.7 Å². The summed E-state index contributed by atoms with van der Waals surface area (Å²) >= 11 is 5.95. The van der Waals surface area contributed by atoms with Crippen molar-refractivity contribution in [3.63, 3.8) is 0 Å². The van der Waals surface area contributed by atoms with Gasteiger partial charge >= 0.3 is 0 Å². The third-order valence-electron chi connectivity index (χ3n) is 3.51. The molecule has 0 saturated heterocycles. The van der Waals surface area contributed by atoms with Crippen molar-refractivity contribution >= 4 is 23.3 Å². The first-order valence-electron chi connectivity index (χ1n) is 7.17. The summed E-state index contributed by atoms with van der Waals surface area (Å²) in [5.41, 5.74) is 3.94. The second kappa shape index (κ2) is 6.95. The number of allylic oxidation sites excluding steroid dienone is 1. The topological polar surface area (TPSA) is 41.6 Å². The van der Waals surface area contributed by atoms with E-state index < -0.39 is 0 Å². The van der Waals surface area contributed by atoms with Crippen molar-refractivity contribution in [3.05, 3.63) is 89.0 Å². The van der Waals surface area contributed by atoms with Crippen molar-refractivity contribution in [1.29, 1.82) is 5.26 Å². The molecule has 2 aromatic carbocycles. The predicted molar refractivity (Wildman–Crippen MR) is 92.7 cm³/mol. The van der Waals surface area contributed by atoms with E-state index in [1.54, 1.807) is 12.5 Å². The fourth-order valence-electron chi connectivity index (χ4n) is 2.32. The van der Waals surface area contributed by atoms with Crippen LogP contribution < -0.4 is 0 Å². The van der Waals surface area contributed by atoms with Crippen LogP contribution in [-0.2, 0) is 6.54 Å². The Morgan fingerprint density at radius 2 is 1.87 bits per heavy atom. The summed E-state index contributed by atoms with van der Waals surface area (Å²) in [5.74, 6) is 0. The minimum absolute atomic E-state index is 0.655. The zero-order valence-corrected chi connectivity index (χ0v) is 13.1. The van der Waals surface area contributed by atoms with E-state index in [0.717, 1.165) is 21.7 Å². The molecule has 3 aromatic rings. The quantitative estimate of drug-likeness (QED) is 0.657. The molecule has 3 rings (SSSR count). The number of nitriles is 1. The van der Waals surface area contributed by atoms with Gasteiger partial charge in [-0.25, -0.2) is 4.98 Å². The van der Waals surface area contributed by atoms with Gasteiger partial charge in [0, 0.05) is 24.0 Å². The van der Waals surface area contributed by atoms with Crippen LogP contribution in [0.3, 0.4) is 0 Å². The number of halogens is 1. The Morgan fingerprint density at radius 1 is 1.13 bits per heavy atom. The van der Waals surface area contributed by atoms with E-state index >= 15 is 0 Å². The number of rotatable bonds is 4. The van der Waals surface area contributed by atoms with Gasteiger partial charge in [0.15, 0.2) is 0 Å². The van der Waals surface area contributed by atoms with Crippen LogP contribution in [0.15, 0.2) is 67.3 Å². The number of aromatic nitrogens is 2. The Balaban J connectivity index is 1.98. The first kappa shape index (κ1) is 15.1. The van der Waals surface area contributed by atoms with Crippen molar-refractivity contribution in [2.45, 2.75) is 6.54 Å². The van der Waals surface area contributed by atoms with Crippen LogP contribution in [0.25, 0.3) is 11.6 Å². The molecule has 0 aliphatic carbocycles. The first-order valence-corrected chi connectivity index (χ1v) is 7.55. The molecule has 0 bridgehead atoms. The number of hydrogen-bond acceptors (Lipinski definition) is 2. The van der Waals surface area contributed by atoms with Crippen molar-refractivity contribution in [2.75, 3.05) is 0 Å². The van der Waals surface area contributed by atoms with Crippen molar-refractivity contribution < 1.29 is 0 Å². The van der Waals surface area contributed by atoms with E-state index in [0.29, 0.717) is 12.1 Å². The summed E-state index contributed by atoms with van der Waals surface area (Å²) in [5, 5.41) is 9.67. The molecule has 1 heterocycles. The monoisotopic (exact) mass is 319 g/mol. The van der Waals surface area contributed by atoms with Gasteiger partial charge < -0.3 is 4.57 Å². The molecule has 0 saturated carbocycles. The molecule has 0 aliphatic rings. The van der Waals surface area contributed by atoms with Gasteiger partial charge in [0.2, 0.25) is 0 Å². The van der Waals surface area contributed by atoms with E-state index in [1.165, 1.54) is 0 Å². The zero-order chi connectivity index (χ0) is 16.1. The Labute approximate surface area is 140 Å². The molecule has 4 heteroatoms. The molecule has 0 unspecified atom stereocenters. The molecule has 1 aromatic heterocycles. The molecule has 0 amide bonds. The number of hydrogen-bond donors (Lipinski definition) is 0. The van der Waals surface area contributed by atoms with Crippen molar-refractivity contribution in [2.24, 2.45) is 0 Å². The summed E-state index contributed by atoms with van der Waals surface area (Å²) in [6, 6.07) is 17.5. The van der Waals surface area contributed by atoms with Gasteiger partial charge in [-0.3, -0.25) is 0 Å². The minimum atomic E-state index is 0.655. The molecule has 3 nitrogen and oxygen atoms in total. The summed E-state index contributed by atoms with van der Waals surface area (Å²) in [4.78, 5) is 4.09. The fourth-order valence-corrected chi connectivity index (χ4v) is 2.44. The number of imidazole rings is 1. The van der Waals surface area contributed by atoms with Gasteiger partial charge in [-0.2, -0.15) is 5.26 Å². The van der Waals surface area contributed by atoms with Crippen LogP contribution >= 0.6 is 11.6 Å². The largest absolute Gasteiger partial charge is 0.333 e. The highest BCUT2D eigenvalue weighted by Gasteiger charge is 2.04. The predicted octanol–water partition coefficient (Wildman–Crippen LogP) is 4.65.